The molecule has 0 spiro atoms. The molecule has 100 valence electrons. The van der Waals surface area contributed by atoms with Gasteiger partial charge in [-0.1, -0.05) is 30.3 Å². The number of aromatic nitrogens is 2. The molecule has 1 saturated carbocycles. The van der Waals surface area contributed by atoms with Crippen LogP contribution in [0.4, 0.5) is 0 Å². The predicted octanol–water partition coefficient (Wildman–Crippen LogP) is 2.55. The quantitative estimate of drug-likeness (QED) is 0.894. The Kier molecular flexibility index (Phi) is 3.11. The van der Waals surface area contributed by atoms with Crippen molar-refractivity contribution in [1.82, 2.24) is 15.5 Å². The summed E-state index contributed by atoms with van der Waals surface area (Å²) in [6, 6.07) is 8.24. The Balaban J connectivity index is 1.90. The summed E-state index contributed by atoms with van der Waals surface area (Å²) >= 11 is 0. The molecule has 0 saturated heterocycles. The van der Waals surface area contributed by atoms with E-state index in [4.69, 9.17) is 4.52 Å². The fourth-order valence-electron chi connectivity index (χ4n) is 2.20. The van der Waals surface area contributed by atoms with Gasteiger partial charge in [-0.2, -0.15) is 4.98 Å². The zero-order valence-corrected chi connectivity index (χ0v) is 11.4. The Labute approximate surface area is 113 Å². The maximum atomic E-state index is 5.46. The molecule has 0 atom stereocenters. The van der Waals surface area contributed by atoms with Crippen molar-refractivity contribution in [3.8, 4) is 11.5 Å². The van der Waals surface area contributed by atoms with Crippen molar-refractivity contribution in [2.24, 2.45) is 0 Å². The molecule has 1 aliphatic carbocycles. The van der Waals surface area contributed by atoms with E-state index in [0.717, 1.165) is 37.2 Å². The predicted molar refractivity (Wildman–Crippen MR) is 74.0 cm³/mol. The molecular weight excluding hydrogens is 238 g/mol. The maximum absolute atomic E-state index is 5.46. The number of likely N-dealkylation sites (N-methyl/N-ethyl adjacent to an activating group) is 1. The smallest absolute Gasteiger partial charge is 0.258 e. The van der Waals surface area contributed by atoms with Crippen LogP contribution >= 0.6 is 0 Å². The molecule has 1 aliphatic rings. The van der Waals surface area contributed by atoms with Gasteiger partial charge in [-0.3, -0.25) is 0 Å². The molecule has 2 aromatic rings. The Hall–Kier alpha value is -1.68. The lowest BCUT2D eigenvalue weighted by Crippen LogP contribution is -2.10. The van der Waals surface area contributed by atoms with Crippen molar-refractivity contribution in [3.05, 3.63) is 35.7 Å². The van der Waals surface area contributed by atoms with Gasteiger partial charge in [0.1, 0.15) is 0 Å². The molecule has 4 heteroatoms. The summed E-state index contributed by atoms with van der Waals surface area (Å²) in [4.78, 5) is 4.58. The molecule has 1 aromatic carbocycles. The topological polar surface area (TPSA) is 51.0 Å². The number of benzene rings is 1. The maximum Gasteiger partial charge on any atom is 0.258 e. The summed E-state index contributed by atoms with van der Waals surface area (Å²) in [5.74, 6) is 1.50. The van der Waals surface area contributed by atoms with E-state index >= 15 is 0 Å². The number of hydrogen-bond acceptors (Lipinski definition) is 4. The SMILES string of the molecule is CNCCc1ccccc1-c1nc(C2(C)CC2)no1. The molecule has 0 aliphatic heterocycles. The fourth-order valence-corrected chi connectivity index (χ4v) is 2.20. The zero-order chi connectivity index (χ0) is 13.3. The third-order valence-corrected chi connectivity index (χ3v) is 3.86. The van der Waals surface area contributed by atoms with E-state index in [0.29, 0.717) is 5.89 Å². The second-order valence-electron chi connectivity index (χ2n) is 5.49. The molecule has 1 aromatic heterocycles. The minimum atomic E-state index is 0.154. The van der Waals surface area contributed by atoms with Crippen LogP contribution in [0, 0.1) is 0 Å². The summed E-state index contributed by atoms with van der Waals surface area (Å²) in [5.41, 5.74) is 2.45. The van der Waals surface area contributed by atoms with Crippen LogP contribution in [0.3, 0.4) is 0 Å². The molecule has 0 bridgehead atoms. The van der Waals surface area contributed by atoms with Gasteiger partial charge in [0.05, 0.1) is 0 Å². The van der Waals surface area contributed by atoms with E-state index in [1.807, 2.05) is 19.2 Å². The van der Waals surface area contributed by atoms with Crippen LogP contribution in [0.5, 0.6) is 0 Å². The van der Waals surface area contributed by atoms with E-state index in [-0.39, 0.29) is 5.41 Å². The van der Waals surface area contributed by atoms with Crippen molar-refractivity contribution < 1.29 is 4.52 Å². The van der Waals surface area contributed by atoms with Gasteiger partial charge in [0, 0.05) is 11.0 Å². The van der Waals surface area contributed by atoms with E-state index in [9.17, 15) is 0 Å². The van der Waals surface area contributed by atoms with E-state index < -0.39 is 0 Å². The third-order valence-electron chi connectivity index (χ3n) is 3.86. The van der Waals surface area contributed by atoms with Crippen molar-refractivity contribution in [3.63, 3.8) is 0 Å². The second-order valence-corrected chi connectivity index (χ2v) is 5.49. The molecule has 4 nitrogen and oxygen atoms in total. The van der Waals surface area contributed by atoms with E-state index in [1.54, 1.807) is 0 Å². The average molecular weight is 257 g/mol. The van der Waals surface area contributed by atoms with Gasteiger partial charge in [-0.25, -0.2) is 0 Å². The highest BCUT2D eigenvalue weighted by atomic mass is 16.5. The first-order valence-electron chi connectivity index (χ1n) is 6.80. The lowest BCUT2D eigenvalue weighted by atomic mass is 10.0. The number of nitrogens with zero attached hydrogens (tertiary/aromatic N) is 2. The van der Waals surface area contributed by atoms with E-state index in [2.05, 4.69) is 34.5 Å². The van der Waals surface area contributed by atoms with Crippen molar-refractivity contribution in [1.29, 1.82) is 0 Å². The minimum absolute atomic E-state index is 0.154. The molecule has 1 N–H and O–H groups in total. The van der Waals surface area contributed by atoms with Crippen molar-refractivity contribution in [2.75, 3.05) is 13.6 Å². The van der Waals surface area contributed by atoms with Crippen LogP contribution < -0.4 is 5.32 Å². The van der Waals surface area contributed by atoms with Gasteiger partial charge in [0.2, 0.25) is 0 Å². The summed E-state index contributed by atoms with van der Waals surface area (Å²) in [7, 11) is 1.96. The van der Waals surface area contributed by atoms with Crippen molar-refractivity contribution >= 4 is 0 Å². The lowest BCUT2D eigenvalue weighted by molar-refractivity contribution is 0.415. The zero-order valence-electron chi connectivity index (χ0n) is 11.4. The molecule has 1 fully saturated rings. The Bertz CT molecular complexity index is 572. The standard InChI is InChI=1S/C15H19N3O/c1-15(8-9-15)14-17-13(19-18-14)12-6-4-3-5-11(12)7-10-16-2/h3-6,16H,7-10H2,1-2H3. The van der Waals surface area contributed by atoms with Crippen LogP contribution in [-0.4, -0.2) is 23.7 Å². The van der Waals surface area contributed by atoms with E-state index in [1.165, 1.54) is 5.56 Å². The lowest BCUT2D eigenvalue weighted by Gasteiger charge is -2.05. The highest BCUT2D eigenvalue weighted by Crippen LogP contribution is 2.46. The van der Waals surface area contributed by atoms with Gasteiger partial charge >= 0.3 is 0 Å². The summed E-state index contributed by atoms with van der Waals surface area (Å²) in [5, 5.41) is 7.31. The minimum Gasteiger partial charge on any atom is -0.334 e. The van der Waals surface area contributed by atoms with Crippen LogP contribution in [0.25, 0.3) is 11.5 Å². The fraction of sp³-hybridized carbons (Fsp3) is 0.467. The molecule has 1 heterocycles. The number of hydrogen-bond donors (Lipinski definition) is 1. The molecular formula is C15H19N3O. The van der Waals surface area contributed by atoms with Crippen LogP contribution in [-0.2, 0) is 11.8 Å². The van der Waals surface area contributed by atoms with Crippen LogP contribution in [0.15, 0.2) is 28.8 Å². The van der Waals surface area contributed by atoms with Gasteiger partial charge in [0.25, 0.3) is 5.89 Å². The first-order chi connectivity index (χ1) is 9.23. The average Bonchev–Trinajstić information content (AvgIpc) is 3.00. The largest absolute Gasteiger partial charge is 0.334 e. The van der Waals surface area contributed by atoms with Gasteiger partial charge < -0.3 is 9.84 Å². The Morgan fingerprint density at radius 3 is 2.84 bits per heavy atom. The highest BCUT2D eigenvalue weighted by molar-refractivity contribution is 5.58. The van der Waals surface area contributed by atoms with Crippen LogP contribution in [0.2, 0.25) is 0 Å². The van der Waals surface area contributed by atoms with Gasteiger partial charge in [-0.05, 0) is 44.5 Å². The Morgan fingerprint density at radius 1 is 1.32 bits per heavy atom. The van der Waals surface area contributed by atoms with Gasteiger partial charge in [-0.15, -0.1) is 0 Å². The first-order valence-corrected chi connectivity index (χ1v) is 6.80. The third kappa shape index (κ3) is 2.40. The molecule has 0 amide bonds. The molecule has 3 rings (SSSR count). The highest BCUT2D eigenvalue weighted by Gasteiger charge is 2.43. The normalized spacial score (nSPS) is 16.5. The Morgan fingerprint density at radius 2 is 2.11 bits per heavy atom. The summed E-state index contributed by atoms with van der Waals surface area (Å²) in [6.45, 7) is 3.13. The molecule has 0 radical (unpaired) electrons. The van der Waals surface area contributed by atoms with Gasteiger partial charge in [0.15, 0.2) is 5.82 Å². The second kappa shape index (κ2) is 4.78. The number of nitrogens with one attached hydrogen (secondary N) is 1. The molecule has 19 heavy (non-hydrogen) atoms. The summed E-state index contributed by atoms with van der Waals surface area (Å²) in [6.07, 6.45) is 3.28. The first kappa shape index (κ1) is 12.4. The van der Waals surface area contributed by atoms with Crippen LogP contribution in [0.1, 0.15) is 31.2 Å². The monoisotopic (exact) mass is 257 g/mol. The van der Waals surface area contributed by atoms with Crippen molar-refractivity contribution in [2.45, 2.75) is 31.6 Å². The number of rotatable bonds is 5. The molecule has 0 unspecified atom stereocenters. The summed E-state index contributed by atoms with van der Waals surface area (Å²) < 4.78 is 5.46.